The quantitative estimate of drug-likeness (QED) is 0.801. The summed E-state index contributed by atoms with van der Waals surface area (Å²) < 4.78 is 10.2. The Hall–Kier alpha value is -1.77. The normalized spacial score (nSPS) is 19.6. The zero-order valence-corrected chi connectivity index (χ0v) is 13.2. The Bertz CT molecular complexity index is 591. The molecule has 0 bridgehead atoms. The van der Waals surface area contributed by atoms with Crippen molar-refractivity contribution in [3.05, 3.63) is 27.9 Å². The van der Waals surface area contributed by atoms with Crippen molar-refractivity contribution in [2.45, 2.75) is 0 Å². The largest absolute Gasteiger partial charge is 0.466 e. The maximum atomic E-state index is 12.0. The Kier molecular flexibility index (Phi) is 4.81. The van der Waals surface area contributed by atoms with E-state index in [9.17, 15) is 4.79 Å². The second-order valence-corrected chi connectivity index (χ2v) is 5.86. The molecule has 8 heteroatoms. The van der Waals surface area contributed by atoms with E-state index >= 15 is 0 Å². The fourth-order valence-electron chi connectivity index (χ4n) is 2.40. The lowest BCUT2D eigenvalue weighted by atomic mass is 10.1. The number of aromatic nitrogens is 1. The van der Waals surface area contributed by atoms with E-state index < -0.39 is 0 Å². The van der Waals surface area contributed by atoms with Crippen molar-refractivity contribution in [3.8, 4) is 0 Å². The van der Waals surface area contributed by atoms with Crippen molar-refractivity contribution in [3.63, 3.8) is 0 Å². The molecule has 0 atom stereocenters. The number of ether oxygens (including phenoxy) is 2. The van der Waals surface area contributed by atoms with Gasteiger partial charge in [0.1, 0.15) is 0 Å². The summed E-state index contributed by atoms with van der Waals surface area (Å²) in [5, 5.41) is 5.99. The highest BCUT2D eigenvalue weighted by molar-refractivity contribution is 7.11. The molecule has 1 saturated heterocycles. The van der Waals surface area contributed by atoms with Gasteiger partial charge in [0.25, 0.3) is 0 Å². The van der Waals surface area contributed by atoms with E-state index in [0.29, 0.717) is 37.7 Å². The lowest BCUT2D eigenvalue weighted by Crippen LogP contribution is -2.42. The van der Waals surface area contributed by atoms with Crippen LogP contribution in [-0.4, -0.2) is 68.2 Å². The zero-order valence-electron chi connectivity index (χ0n) is 12.4. The molecule has 0 radical (unpaired) electrons. The molecule has 1 aromatic rings. The van der Waals surface area contributed by atoms with Crippen LogP contribution in [0, 0.1) is 0 Å². The number of nitrogens with one attached hydrogen (secondary N) is 1. The summed E-state index contributed by atoms with van der Waals surface area (Å²) in [6.07, 6.45) is 1.74. The Morgan fingerprint density at radius 2 is 2.32 bits per heavy atom. The highest BCUT2D eigenvalue weighted by atomic mass is 32.1. The van der Waals surface area contributed by atoms with Gasteiger partial charge in [-0.3, -0.25) is 9.89 Å². The van der Waals surface area contributed by atoms with E-state index in [1.807, 2.05) is 5.38 Å². The summed E-state index contributed by atoms with van der Waals surface area (Å²) in [4.78, 5) is 22.9. The SMILES string of the molecule is COC(=O)C1=C(CN2CCOCC2)NC(c2nccs2)=NC1. The van der Waals surface area contributed by atoms with Crippen molar-refractivity contribution >= 4 is 23.1 Å². The van der Waals surface area contributed by atoms with Crippen LogP contribution in [0.4, 0.5) is 0 Å². The minimum Gasteiger partial charge on any atom is -0.466 e. The molecule has 0 unspecified atom stereocenters. The van der Waals surface area contributed by atoms with E-state index in [0.717, 1.165) is 23.8 Å². The number of amidine groups is 1. The zero-order chi connectivity index (χ0) is 15.4. The third kappa shape index (κ3) is 3.34. The van der Waals surface area contributed by atoms with Crippen molar-refractivity contribution < 1.29 is 14.3 Å². The number of morpholine rings is 1. The van der Waals surface area contributed by atoms with E-state index in [4.69, 9.17) is 9.47 Å². The number of rotatable bonds is 4. The van der Waals surface area contributed by atoms with Gasteiger partial charge in [-0.05, 0) is 0 Å². The van der Waals surface area contributed by atoms with Crippen LogP contribution in [0.5, 0.6) is 0 Å². The van der Waals surface area contributed by atoms with Crippen LogP contribution in [0.3, 0.4) is 0 Å². The Balaban J connectivity index is 1.78. The molecular weight excluding hydrogens is 304 g/mol. The molecule has 0 spiro atoms. The number of carbonyl (C=O) groups is 1. The molecular formula is C14H18N4O3S. The topological polar surface area (TPSA) is 76.0 Å². The van der Waals surface area contributed by atoms with Crippen LogP contribution < -0.4 is 5.32 Å². The maximum Gasteiger partial charge on any atom is 0.337 e. The lowest BCUT2D eigenvalue weighted by molar-refractivity contribution is -0.136. The molecule has 0 aliphatic carbocycles. The third-order valence-corrected chi connectivity index (χ3v) is 4.36. The summed E-state index contributed by atoms with van der Waals surface area (Å²) in [5.74, 6) is 0.378. The fourth-order valence-corrected chi connectivity index (χ4v) is 3.00. The average molecular weight is 322 g/mol. The lowest BCUT2D eigenvalue weighted by Gasteiger charge is -2.29. The summed E-state index contributed by atoms with van der Waals surface area (Å²) in [5.41, 5.74) is 1.42. The van der Waals surface area contributed by atoms with Crippen molar-refractivity contribution in [2.75, 3.05) is 46.5 Å². The highest BCUT2D eigenvalue weighted by Gasteiger charge is 2.25. The number of hydrogen-bond donors (Lipinski definition) is 1. The first-order valence-electron chi connectivity index (χ1n) is 7.09. The van der Waals surface area contributed by atoms with Crippen LogP contribution in [0.2, 0.25) is 0 Å². The van der Waals surface area contributed by atoms with Gasteiger partial charge in [-0.25, -0.2) is 9.78 Å². The number of aliphatic imine (C=N–C) groups is 1. The number of nitrogens with zero attached hydrogens (tertiary/aromatic N) is 3. The minimum atomic E-state index is -0.335. The molecule has 3 heterocycles. The molecule has 0 saturated carbocycles. The first kappa shape index (κ1) is 15.1. The molecule has 0 amide bonds. The van der Waals surface area contributed by atoms with Crippen LogP contribution in [-0.2, 0) is 14.3 Å². The summed E-state index contributed by atoms with van der Waals surface area (Å²) in [7, 11) is 1.39. The molecule has 0 aromatic carbocycles. The predicted octanol–water partition coefficient (Wildman–Crippen LogP) is 0.252. The number of thiazole rings is 1. The van der Waals surface area contributed by atoms with Gasteiger partial charge < -0.3 is 14.8 Å². The fraction of sp³-hybridized carbons (Fsp3) is 0.500. The van der Waals surface area contributed by atoms with Gasteiger partial charge in [-0.15, -0.1) is 11.3 Å². The van der Waals surface area contributed by atoms with E-state index in [-0.39, 0.29) is 5.97 Å². The number of carbonyl (C=O) groups excluding carboxylic acids is 1. The van der Waals surface area contributed by atoms with E-state index in [2.05, 4.69) is 20.2 Å². The molecule has 22 heavy (non-hydrogen) atoms. The van der Waals surface area contributed by atoms with Gasteiger partial charge in [-0.2, -0.15) is 0 Å². The smallest absolute Gasteiger partial charge is 0.337 e. The van der Waals surface area contributed by atoms with Gasteiger partial charge in [0.05, 0.1) is 32.4 Å². The van der Waals surface area contributed by atoms with Crippen molar-refractivity contribution in [2.24, 2.45) is 4.99 Å². The number of hydrogen-bond acceptors (Lipinski definition) is 8. The minimum absolute atomic E-state index is 0.314. The molecule has 1 fully saturated rings. The molecule has 1 N–H and O–H groups in total. The number of esters is 1. The monoisotopic (exact) mass is 322 g/mol. The number of methoxy groups -OCH3 is 1. The summed E-state index contributed by atoms with van der Waals surface area (Å²) in [6, 6.07) is 0. The highest BCUT2D eigenvalue weighted by Crippen LogP contribution is 2.16. The first-order valence-corrected chi connectivity index (χ1v) is 7.97. The molecule has 2 aliphatic rings. The summed E-state index contributed by atoms with van der Waals surface area (Å²) in [6.45, 7) is 4.10. The second-order valence-electron chi connectivity index (χ2n) is 4.96. The van der Waals surface area contributed by atoms with Crippen LogP contribution in [0.1, 0.15) is 5.01 Å². The average Bonchev–Trinajstić information content (AvgIpc) is 3.09. The second kappa shape index (κ2) is 6.99. The van der Waals surface area contributed by atoms with Crippen LogP contribution in [0.25, 0.3) is 0 Å². The third-order valence-electron chi connectivity index (χ3n) is 3.58. The van der Waals surface area contributed by atoms with Gasteiger partial charge >= 0.3 is 5.97 Å². The van der Waals surface area contributed by atoms with Crippen molar-refractivity contribution in [1.82, 2.24) is 15.2 Å². The molecule has 118 valence electrons. The van der Waals surface area contributed by atoms with Gasteiger partial charge in [0, 0.05) is 36.9 Å². The molecule has 3 rings (SSSR count). The van der Waals surface area contributed by atoms with Crippen LogP contribution in [0.15, 0.2) is 27.8 Å². The molecule has 1 aromatic heterocycles. The summed E-state index contributed by atoms with van der Waals surface area (Å²) >= 11 is 1.52. The molecule has 7 nitrogen and oxygen atoms in total. The van der Waals surface area contributed by atoms with Crippen molar-refractivity contribution in [1.29, 1.82) is 0 Å². The molecule has 2 aliphatic heterocycles. The van der Waals surface area contributed by atoms with E-state index in [1.165, 1.54) is 18.4 Å². The first-order chi connectivity index (χ1) is 10.8. The predicted molar refractivity (Wildman–Crippen MR) is 83.0 cm³/mol. The van der Waals surface area contributed by atoms with Crippen LogP contribution >= 0.6 is 11.3 Å². The van der Waals surface area contributed by atoms with Gasteiger partial charge in [0.2, 0.25) is 0 Å². The Morgan fingerprint density at radius 3 is 3.00 bits per heavy atom. The van der Waals surface area contributed by atoms with Gasteiger partial charge in [0.15, 0.2) is 10.8 Å². The van der Waals surface area contributed by atoms with E-state index in [1.54, 1.807) is 6.20 Å². The maximum absolute atomic E-state index is 12.0. The Morgan fingerprint density at radius 1 is 1.50 bits per heavy atom. The standard InChI is InChI=1S/C14H18N4O3S/c1-20-14(19)10-8-16-12(13-15-2-7-22-13)17-11(10)9-18-3-5-21-6-4-18/h2,7H,3-6,8-9H2,1H3,(H,16,17). The Labute approximate surface area is 132 Å². The van der Waals surface area contributed by atoms with Gasteiger partial charge in [-0.1, -0.05) is 0 Å².